The molecule has 2 aliphatic heterocycles. The molecule has 0 spiro atoms. The smallest absolute Gasteiger partial charge is 0.314 e. The third kappa shape index (κ3) is 2.00. The molecule has 26 heavy (non-hydrogen) atoms. The van der Waals surface area contributed by atoms with Gasteiger partial charge >= 0.3 is 5.97 Å². The largest absolute Gasteiger partial charge is 0.460 e. The predicted octanol–water partition coefficient (Wildman–Crippen LogP) is 3.22. The van der Waals surface area contributed by atoms with Crippen molar-refractivity contribution in [2.75, 3.05) is 0 Å². The van der Waals surface area contributed by atoms with Crippen LogP contribution in [0.1, 0.15) is 36.5 Å². The SMILES string of the molecule is CC(C)[C@H]1C(=O)OCc2c1cc1n(c2=O)Cc2cc3ccccc3nc2-1. The van der Waals surface area contributed by atoms with Gasteiger partial charge in [-0.15, -0.1) is 0 Å². The normalized spacial score (nSPS) is 17.8. The first-order valence-electron chi connectivity index (χ1n) is 8.87. The Bertz CT molecular complexity index is 1140. The molecular formula is C21H18N2O3. The first-order chi connectivity index (χ1) is 12.5. The monoisotopic (exact) mass is 346 g/mol. The molecule has 0 radical (unpaired) electrons. The van der Waals surface area contributed by atoms with Gasteiger partial charge in [-0.05, 0) is 29.7 Å². The minimum Gasteiger partial charge on any atom is -0.460 e. The number of cyclic esters (lactones) is 1. The fraction of sp³-hybridized carbons (Fsp3) is 0.286. The van der Waals surface area contributed by atoms with Gasteiger partial charge in [-0.3, -0.25) is 9.59 Å². The van der Waals surface area contributed by atoms with E-state index in [4.69, 9.17) is 9.72 Å². The highest BCUT2D eigenvalue weighted by atomic mass is 16.5. The van der Waals surface area contributed by atoms with Crippen LogP contribution < -0.4 is 5.56 Å². The summed E-state index contributed by atoms with van der Waals surface area (Å²) in [6.07, 6.45) is 0. The maximum absolute atomic E-state index is 13.1. The number of esters is 1. The molecule has 0 saturated heterocycles. The van der Waals surface area contributed by atoms with Gasteiger partial charge in [0, 0.05) is 10.9 Å². The molecule has 0 N–H and O–H groups in total. The zero-order valence-corrected chi connectivity index (χ0v) is 14.7. The number of carbonyl (C=O) groups is 1. The fourth-order valence-electron chi connectivity index (χ4n) is 4.15. The molecule has 0 fully saturated rings. The van der Waals surface area contributed by atoms with Crippen LogP contribution in [0.15, 0.2) is 41.2 Å². The van der Waals surface area contributed by atoms with E-state index in [0.717, 1.165) is 33.4 Å². The van der Waals surface area contributed by atoms with E-state index in [1.807, 2.05) is 44.2 Å². The lowest BCUT2D eigenvalue weighted by molar-refractivity contribution is -0.149. The van der Waals surface area contributed by atoms with Crippen molar-refractivity contribution in [1.29, 1.82) is 0 Å². The van der Waals surface area contributed by atoms with Gasteiger partial charge < -0.3 is 9.30 Å². The van der Waals surface area contributed by atoms with Gasteiger partial charge in [-0.2, -0.15) is 0 Å². The average Bonchev–Trinajstić information content (AvgIpc) is 2.97. The maximum Gasteiger partial charge on any atom is 0.314 e. The lowest BCUT2D eigenvalue weighted by Crippen LogP contribution is -2.34. The van der Waals surface area contributed by atoms with Crippen molar-refractivity contribution in [3.8, 4) is 11.4 Å². The lowest BCUT2D eigenvalue weighted by Gasteiger charge is -2.27. The van der Waals surface area contributed by atoms with Crippen LogP contribution in [-0.2, 0) is 22.7 Å². The molecular weight excluding hydrogens is 328 g/mol. The number of hydrogen-bond donors (Lipinski definition) is 0. The molecule has 0 amide bonds. The third-order valence-corrected chi connectivity index (χ3v) is 5.42. The molecule has 2 aromatic heterocycles. The van der Waals surface area contributed by atoms with E-state index >= 15 is 0 Å². The summed E-state index contributed by atoms with van der Waals surface area (Å²) in [5, 5.41) is 1.07. The summed E-state index contributed by atoms with van der Waals surface area (Å²) in [4.78, 5) is 30.2. The summed E-state index contributed by atoms with van der Waals surface area (Å²) in [5.74, 6) is -0.585. The van der Waals surface area contributed by atoms with E-state index in [1.165, 1.54) is 0 Å². The highest BCUT2D eigenvalue weighted by Crippen LogP contribution is 2.37. The summed E-state index contributed by atoms with van der Waals surface area (Å²) in [5.41, 5.74) is 4.92. The Balaban J connectivity index is 1.78. The zero-order chi connectivity index (χ0) is 18.0. The van der Waals surface area contributed by atoms with E-state index < -0.39 is 5.92 Å². The molecule has 3 aromatic rings. The van der Waals surface area contributed by atoms with Crippen molar-refractivity contribution in [2.24, 2.45) is 5.92 Å². The number of pyridine rings is 2. The van der Waals surface area contributed by atoms with Gasteiger partial charge in [0.2, 0.25) is 0 Å². The van der Waals surface area contributed by atoms with E-state index in [2.05, 4.69) is 6.07 Å². The highest BCUT2D eigenvalue weighted by Gasteiger charge is 2.36. The van der Waals surface area contributed by atoms with Crippen molar-refractivity contribution in [1.82, 2.24) is 9.55 Å². The number of hydrogen-bond acceptors (Lipinski definition) is 4. The molecule has 130 valence electrons. The number of ether oxygens (including phenoxy) is 1. The van der Waals surface area contributed by atoms with Crippen LogP contribution in [-0.4, -0.2) is 15.5 Å². The number of aromatic nitrogens is 2. The summed E-state index contributed by atoms with van der Waals surface area (Å²) in [6.45, 7) is 4.52. The quantitative estimate of drug-likeness (QED) is 0.497. The van der Waals surface area contributed by atoms with Crippen LogP contribution in [0, 0.1) is 5.92 Å². The van der Waals surface area contributed by atoms with Crippen LogP contribution in [0.4, 0.5) is 0 Å². The molecule has 5 rings (SSSR count). The zero-order valence-electron chi connectivity index (χ0n) is 14.7. The van der Waals surface area contributed by atoms with E-state index in [9.17, 15) is 9.59 Å². The minimum atomic E-state index is -0.401. The van der Waals surface area contributed by atoms with E-state index in [-0.39, 0.29) is 24.1 Å². The van der Waals surface area contributed by atoms with Gasteiger partial charge in [0.1, 0.15) is 6.61 Å². The number of rotatable bonds is 1. The van der Waals surface area contributed by atoms with Gasteiger partial charge in [-0.25, -0.2) is 4.98 Å². The van der Waals surface area contributed by atoms with Crippen LogP contribution >= 0.6 is 0 Å². The Morgan fingerprint density at radius 1 is 1.19 bits per heavy atom. The highest BCUT2D eigenvalue weighted by molar-refractivity contribution is 5.85. The topological polar surface area (TPSA) is 61.2 Å². The van der Waals surface area contributed by atoms with Gasteiger partial charge in [0.15, 0.2) is 0 Å². The number of fused-ring (bicyclic) bond motifs is 5. The lowest BCUT2D eigenvalue weighted by atomic mass is 9.84. The van der Waals surface area contributed by atoms with Crippen LogP contribution in [0.5, 0.6) is 0 Å². The molecule has 1 atom stereocenters. The maximum atomic E-state index is 13.1. The second-order valence-corrected chi connectivity index (χ2v) is 7.37. The summed E-state index contributed by atoms with van der Waals surface area (Å²) in [7, 11) is 0. The summed E-state index contributed by atoms with van der Waals surface area (Å²) >= 11 is 0. The Morgan fingerprint density at radius 3 is 2.81 bits per heavy atom. The molecule has 5 nitrogen and oxygen atoms in total. The van der Waals surface area contributed by atoms with E-state index in [1.54, 1.807) is 4.57 Å². The summed E-state index contributed by atoms with van der Waals surface area (Å²) < 4.78 is 7.05. The molecule has 0 unspecified atom stereocenters. The van der Waals surface area contributed by atoms with Crippen LogP contribution in [0.3, 0.4) is 0 Å². The predicted molar refractivity (Wildman–Crippen MR) is 97.9 cm³/mol. The first-order valence-corrected chi connectivity index (χ1v) is 8.87. The molecule has 5 heteroatoms. The van der Waals surface area contributed by atoms with Gasteiger partial charge in [0.05, 0.1) is 34.9 Å². The van der Waals surface area contributed by atoms with Crippen molar-refractivity contribution < 1.29 is 9.53 Å². The number of benzene rings is 1. The molecule has 1 aromatic carbocycles. The third-order valence-electron chi connectivity index (χ3n) is 5.42. The Kier molecular flexibility index (Phi) is 3.11. The number of para-hydroxylation sites is 1. The van der Waals surface area contributed by atoms with Gasteiger partial charge in [-0.1, -0.05) is 32.0 Å². The molecule has 2 aliphatic rings. The van der Waals surface area contributed by atoms with Crippen LogP contribution in [0.2, 0.25) is 0 Å². The van der Waals surface area contributed by atoms with Gasteiger partial charge in [0.25, 0.3) is 5.56 Å². The number of carbonyl (C=O) groups excluding carboxylic acids is 1. The molecule has 0 bridgehead atoms. The average molecular weight is 346 g/mol. The first kappa shape index (κ1) is 15.3. The van der Waals surface area contributed by atoms with Crippen molar-refractivity contribution >= 4 is 16.9 Å². The van der Waals surface area contributed by atoms with Crippen molar-refractivity contribution in [2.45, 2.75) is 32.9 Å². The summed E-state index contributed by atoms with van der Waals surface area (Å²) in [6, 6.07) is 12.0. The Labute approximate surface area is 150 Å². The molecule has 0 saturated carbocycles. The van der Waals surface area contributed by atoms with Crippen LogP contribution in [0.25, 0.3) is 22.3 Å². The standard InChI is InChI=1S/C21H18N2O3/c1-11(2)18-14-8-17-19-13(7-12-5-3-4-6-16(12)22-19)9-23(17)20(24)15(14)10-26-21(18)25/h3-8,11,18H,9-10H2,1-2H3/t18-/m1/s1. The Hall–Kier alpha value is -2.95. The molecule has 4 heterocycles. The number of nitrogens with zero attached hydrogens (tertiary/aromatic N) is 2. The van der Waals surface area contributed by atoms with Crippen molar-refractivity contribution in [3.63, 3.8) is 0 Å². The van der Waals surface area contributed by atoms with Crippen molar-refractivity contribution in [3.05, 3.63) is 63.4 Å². The Morgan fingerprint density at radius 2 is 2.00 bits per heavy atom. The minimum absolute atomic E-state index is 0.0578. The van der Waals surface area contributed by atoms with E-state index in [0.29, 0.717) is 12.1 Å². The second kappa shape index (κ2) is 5.27. The fourth-order valence-corrected chi connectivity index (χ4v) is 4.15. The molecule has 0 aliphatic carbocycles. The second-order valence-electron chi connectivity index (χ2n) is 7.37.